The van der Waals surface area contributed by atoms with Crippen LogP contribution in [0.5, 0.6) is 0 Å². The van der Waals surface area contributed by atoms with Crippen LogP contribution in [0.3, 0.4) is 0 Å². The van der Waals surface area contributed by atoms with Crippen molar-refractivity contribution in [3.05, 3.63) is 46.5 Å². The molecule has 39 heavy (non-hydrogen) atoms. The van der Waals surface area contributed by atoms with Gasteiger partial charge < -0.3 is 15.0 Å². The number of rotatable bonds is 15. The number of aryl methyl sites for hydroxylation is 1. The second-order valence-electron chi connectivity index (χ2n) is 9.49. The molecule has 0 aliphatic rings. The van der Waals surface area contributed by atoms with Crippen LogP contribution in [0.1, 0.15) is 63.5 Å². The van der Waals surface area contributed by atoms with E-state index in [1.807, 2.05) is 9.29 Å². The molecule has 2 rings (SSSR count). The number of halogens is 1. The van der Waals surface area contributed by atoms with Crippen molar-refractivity contribution in [2.75, 3.05) is 6.54 Å². The highest BCUT2D eigenvalue weighted by Crippen LogP contribution is 2.21. The molecule has 1 heterocycles. The first-order chi connectivity index (χ1) is 18.4. The van der Waals surface area contributed by atoms with Crippen molar-refractivity contribution in [2.45, 2.75) is 70.9 Å². The molecule has 3 amide bonds. The number of hydroxylamine groups is 1. The molecule has 216 valence electrons. The number of nitrogens with zero attached hydrogens (tertiary/aromatic N) is 2. The molecular weight excluding hydrogens is 550 g/mol. The van der Waals surface area contributed by atoms with Crippen molar-refractivity contribution < 1.29 is 33.1 Å². The van der Waals surface area contributed by atoms with Gasteiger partial charge in [-0.3, -0.25) is 19.6 Å². The van der Waals surface area contributed by atoms with E-state index in [1.165, 1.54) is 17.6 Å². The Balaban J connectivity index is 2.00. The molecule has 0 aliphatic heterocycles. The number of aromatic nitrogens is 2. The fraction of sp³-hybridized carbons (Fsp3) is 0.520. The second-order valence-corrected chi connectivity index (χ2v) is 11.5. The highest BCUT2D eigenvalue weighted by molar-refractivity contribution is 7.90. The van der Waals surface area contributed by atoms with Gasteiger partial charge in [-0.25, -0.2) is 23.6 Å². The molecule has 0 spiro atoms. The van der Waals surface area contributed by atoms with Gasteiger partial charge in [0.2, 0.25) is 11.8 Å². The molecule has 5 N–H and O–H groups in total. The molecule has 12 nitrogen and oxygen atoms in total. The van der Waals surface area contributed by atoms with Crippen LogP contribution >= 0.6 is 11.6 Å². The number of imidazole rings is 1. The van der Waals surface area contributed by atoms with Crippen molar-refractivity contribution >= 4 is 39.3 Å². The lowest BCUT2D eigenvalue weighted by molar-refractivity contribution is -0.141. The van der Waals surface area contributed by atoms with Crippen molar-refractivity contribution in [3.8, 4) is 0 Å². The number of nitrogens with one attached hydrogen (secondary N) is 3. The molecule has 1 atom stereocenters. The van der Waals surface area contributed by atoms with E-state index in [0.717, 1.165) is 24.2 Å². The van der Waals surface area contributed by atoms with Gasteiger partial charge in [0.25, 0.3) is 15.9 Å². The number of unbranched alkanes of at least 4 members (excludes halogenated alkanes) is 1. The van der Waals surface area contributed by atoms with E-state index in [4.69, 9.17) is 16.8 Å². The van der Waals surface area contributed by atoms with Crippen LogP contribution in [0.15, 0.2) is 29.2 Å². The topological polar surface area (TPSA) is 180 Å². The van der Waals surface area contributed by atoms with Crippen LogP contribution in [0.2, 0.25) is 5.15 Å². The third-order valence-corrected chi connectivity index (χ3v) is 7.62. The number of carbonyl (C=O) groups is 3. The van der Waals surface area contributed by atoms with Crippen LogP contribution in [0.25, 0.3) is 0 Å². The number of carbonyl (C=O) groups excluding carboxylic acids is 3. The van der Waals surface area contributed by atoms with Gasteiger partial charge in [-0.15, -0.1) is 0 Å². The Hall–Kier alpha value is -3.00. The van der Waals surface area contributed by atoms with Gasteiger partial charge in [-0.05, 0) is 36.5 Å². The maximum absolute atomic E-state index is 12.7. The Labute approximate surface area is 233 Å². The summed E-state index contributed by atoms with van der Waals surface area (Å²) in [5, 5.41) is 21.2. The molecule has 0 fully saturated rings. The Bertz CT molecular complexity index is 1250. The number of aliphatic hydroxyl groups excluding tert-OH is 1. The van der Waals surface area contributed by atoms with Crippen LogP contribution in [-0.4, -0.2) is 52.5 Å². The van der Waals surface area contributed by atoms with Gasteiger partial charge in [-0.2, -0.15) is 0 Å². The highest BCUT2D eigenvalue weighted by atomic mass is 35.5. The maximum Gasteiger partial charge on any atom is 0.264 e. The Morgan fingerprint density at radius 3 is 2.36 bits per heavy atom. The molecule has 1 aromatic heterocycles. The zero-order chi connectivity index (χ0) is 29.2. The molecule has 2 aromatic rings. The minimum absolute atomic E-state index is 0.00420. The van der Waals surface area contributed by atoms with Gasteiger partial charge in [-0.1, -0.05) is 50.9 Å². The van der Waals surface area contributed by atoms with Crippen molar-refractivity contribution in [1.82, 2.24) is 25.1 Å². The van der Waals surface area contributed by atoms with Crippen molar-refractivity contribution in [1.29, 1.82) is 0 Å². The summed E-state index contributed by atoms with van der Waals surface area (Å²) in [6.07, 6.45) is 2.38. The van der Waals surface area contributed by atoms with Gasteiger partial charge in [0.1, 0.15) is 11.7 Å². The molecule has 0 saturated carbocycles. The van der Waals surface area contributed by atoms with E-state index in [0.29, 0.717) is 18.7 Å². The summed E-state index contributed by atoms with van der Waals surface area (Å²) in [6.45, 7) is 5.50. The second kappa shape index (κ2) is 15.0. The van der Waals surface area contributed by atoms with E-state index in [-0.39, 0.29) is 42.0 Å². The van der Waals surface area contributed by atoms with Gasteiger partial charge in [0, 0.05) is 25.9 Å². The molecule has 0 aliphatic carbocycles. The summed E-state index contributed by atoms with van der Waals surface area (Å²) in [6, 6.07) is 5.91. The fourth-order valence-corrected chi connectivity index (χ4v) is 5.16. The predicted molar refractivity (Wildman–Crippen MR) is 143 cm³/mol. The normalized spacial score (nSPS) is 12.3. The molecule has 0 radical (unpaired) electrons. The first kappa shape index (κ1) is 32.2. The quantitative estimate of drug-likeness (QED) is 0.119. The lowest BCUT2D eigenvalue weighted by Gasteiger charge is -2.16. The van der Waals surface area contributed by atoms with E-state index in [9.17, 15) is 27.9 Å². The molecule has 14 heteroatoms. The van der Waals surface area contributed by atoms with Crippen LogP contribution in [-0.2, 0) is 44.0 Å². The van der Waals surface area contributed by atoms with Gasteiger partial charge in [0.05, 0.1) is 17.2 Å². The summed E-state index contributed by atoms with van der Waals surface area (Å²) >= 11 is 6.18. The Morgan fingerprint density at radius 2 is 1.79 bits per heavy atom. The lowest BCUT2D eigenvalue weighted by atomic mass is 9.95. The molecule has 1 aromatic carbocycles. The number of benzene rings is 1. The van der Waals surface area contributed by atoms with Crippen molar-refractivity contribution in [2.24, 2.45) is 11.8 Å². The first-order valence-corrected chi connectivity index (χ1v) is 14.5. The van der Waals surface area contributed by atoms with Gasteiger partial charge in [0.15, 0.2) is 5.15 Å². The SMILES string of the molecule is CCCCc1nc(Cl)c(CO)n1Cc1ccc(S(=O)(=O)NC(=O)CCNC(=O)C(CC(C)C)C(=O)NO)cc1. The smallest absolute Gasteiger partial charge is 0.264 e. The van der Waals surface area contributed by atoms with Crippen LogP contribution in [0, 0.1) is 11.8 Å². The zero-order valence-electron chi connectivity index (χ0n) is 22.2. The molecule has 1 unspecified atom stereocenters. The van der Waals surface area contributed by atoms with E-state index < -0.39 is 33.7 Å². The average Bonchev–Trinajstić information content (AvgIpc) is 3.18. The van der Waals surface area contributed by atoms with E-state index in [1.54, 1.807) is 26.0 Å². The lowest BCUT2D eigenvalue weighted by Crippen LogP contribution is -2.42. The number of amides is 3. The molecule has 0 bridgehead atoms. The summed E-state index contributed by atoms with van der Waals surface area (Å²) in [5.74, 6) is -2.80. The summed E-state index contributed by atoms with van der Waals surface area (Å²) in [4.78, 5) is 40.5. The van der Waals surface area contributed by atoms with Gasteiger partial charge >= 0.3 is 0 Å². The standard InChI is InChI=1S/C25H36ClN5O7S/c1-4-5-6-21-28-23(26)20(15-32)31(21)14-17-7-9-18(10-8-17)39(37,38)30-22(33)11-12-27-24(34)19(13-16(2)3)25(35)29-36/h7-10,16,19,32,36H,4-6,11-15H2,1-3H3,(H,27,34)(H,29,35)(H,30,33). The Morgan fingerprint density at radius 1 is 1.13 bits per heavy atom. The maximum atomic E-state index is 12.7. The third-order valence-electron chi connectivity index (χ3n) is 5.93. The third kappa shape index (κ3) is 9.31. The van der Waals surface area contributed by atoms with Crippen LogP contribution < -0.4 is 15.5 Å². The molecule has 0 saturated heterocycles. The average molecular weight is 586 g/mol. The van der Waals surface area contributed by atoms with E-state index >= 15 is 0 Å². The highest BCUT2D eigenvalue weighted by Gasteiger charge is 2.27. The first-order valence-electron chi connectivity index (χ1n) is 12.6. The zero-order valence-corrected chi connectivity index (χ0v) is 23.8. The summed E-state index contributed by atoms with van der Waals surface area (Å²) < 4.78 is 29.1. The number of aliphatic hydroxyl groups is 1. The minimum atomic E-state index is -4.17. The summed E-state index contributed by atoms with van der Waals surface area (Å²) in [7, 11) is -4.17. The van der Waals surface area contributed by atoms with Crippen LogP contribution in [0.4, 0.5) is 0 Å². The largest absolute Gasteiger partial charge is 0.390 e. The summed E-state index contributed by atoms with van der Waals surface area (Å²) in [5.41, 5.74) is 2.68. The van der Waals surface area contributed by atoms with Crippen molar-refractivity contribution in [3.63, 3.8) is 0 Å². The fourth-order valence-electron chi connectivity index (χ4n) is 3.89. The van der Waals surface area contributed by atoms with E-state index in [2.05, 4.69) is 17.2 Å². The number of sulfonamides is 1. The monoisotopic (exact) mass is 585 g/mol. The molecular formula is C25H36ClN5O7S. The minimum Gasteiger partial charge on any atom is -0.390 e. The number of hydrogen-bond acceptors (Lipinski definition) is 8. The Kier molecular flexibility index (Phi) is 12.4. The number of hydrogen-bond donors (Lipinski definition) is 5. The predicted octanol–water partition coefficient (Wildman–Crippen LogP) is 1.90.